The lowest BCUT2D eigenvalue weighted by atomic mass is 9.91. The Hall–Kier alpha value is -3.20. The van der Waals surface area contributed by atoms with Crippen LogP contribution in [0.5, 0.6) is 0 Å². The first-order valence-electron chi connectivity index (χ1n) is 11.4. The van der Waals surface area contributed by atoms with Crippen LogP contribution in [0.25, 0.3) is 0 Å². The number of fused-ring (bicyclic) bond motifs is 1. The first kappa shape index (κ1) is 26.9. The van der Waals surface area contributed by atoms with Crippen LogP contribution in [0.15, 0.2) is 40.4 Å². The molecule has 3 N–H and O–H groups in total. The number of amidine groups is 1. The van der Waals surface area contributed by atoms with Crippen molar-refractivity contribution in [2.24, 2.45) is 10.7 Å². The number of nitrogens with one attached hydrogen (secondary N) is 1. The number of hydrogen-bond donors (Lipinski definition) is 2. The molecule has 2 aliphatic heterocycles. The van der Waals surface area contributed by atoms with Gasteiger partial charge in [0.25, 0.3) is 0 Å². The number of carbonyl (C=O) groups is 2. The quantitative estimate of drug-likeness (QED) is 0.432. The van der Waals surface area contributed by atoms with E-state index in [-0.39, 0.29) is 42.8 Å². The molecule has 0 saturated carbocycles. The number of nitrogens with zero attached hydrogens (tertiary/aromatic N) is 4. The molecule has 9 nitrogen and oxygen atoms in total. The molecule has 0 spiro atoms. The number of hydrogen-bond acceptors (Lipinski definition) is 6. The fourth-order valence-corrected chi connectivity index (χ4v) is 4.89. The molecule has 2 aromatic rings. The number of aromatic nitrogens is 2. The van der Waals surface area contributed by atoms with Crippen LogP contribution in [0.1, 0.15) is 49.2 Å². The number of rotatable bonds is 5. The van der Waals surface area contributed by atoms with Gasteiger partial charge in [0.15, 0.2) is 0 Å². The minimum absolute atomic E-state index is 0.0208. The summed E-state index contributed by atoms with van der Waals surface area (Å²) in [6, 6.07) is 2.19. The van der Waals surface area contributed by atoms with Crippen molar-refractivity contribution in [2.45, 2.75) is 49.4 Å². The van der Waals surface area contributed by atoms with Crippen LogP contribution in [0.2, 0.25) is 0 Å². The molecule has 2 unspecified atom stereocenters. The third-order valence-corrected chi connectivity index (χ3v) is 7.43. The highest BCUT2D eigenvalue weighted by molar-refractivity contribution is 8.45. The summed E-state index contributed by atoms with van der Waals surface area (Å²) in [6.07, 6.45) is 4.08. The molecular formula is C22H27F5N6O3S. The standard InChI is InChI=1S/C22H27F5N6O3S/c1-22(13-29-19(28)16-12-33(31-18(16)22)17-5-3-4-10-36-17)30-20(34)21(35)32(2)11-14-6-8-15(9-7-14)37(23,24,25,26)27/h6-9,12,17H,3-5,10-11,13H2,1-2H3,(H2,28,29)(H,30,34). The van der Waals surface area contributed by atoms with E-state index in [0.29, 0.717) is 17.9 Å². The molecule has 0 bridgehead atoms. The van der Waals surface area contributed by atoms with Crippen LogP contribution in [0.3, 0.4) is 0 Å². The Bertz CT molecular complexity index is 1260. The predicted molar refractivity (Wildman–Crippen MR) is 126 cm³/mol. The SMILES string of the molecule is CN(Cc1ccc(S(F)(F)(F)(F)F)cc1)C(=O)C(=O)NC1(C)CN=C(N)c2cn(C3CCCCO3)nc21. The van der Waals surface area contributed by atoms with Crippen LogP contribution in [0, 0.1) is 0 Å². The van der Waals surface area contributed by atoms with Gasteiger partial charge >= 0.3 is 22.0 Å². The summed E-state index contributed by atoms with van der Waals surface area (Å²) in [5.74, 6) is -1.75. The number of carbonyl (C=O) groups excluding carboxylic acids is 2. The molecule has 0 aliphatic carbocycles. The monoisotopic (exact) mass is 550 g/mol. The van der Waals surface area contributed by atoms with E-state index in [4.69, 9.17) is 10.5 Å². The third kappa shape index (κ3) is 5.71. The van der Waals surface area contributed by atoms with E-state index in [2.05, 4.69) is 15.4 Å². The van der Waals surface area contributed by atoms with Gasteiger partial charge in [-0.1, -0.05) is 31.6 Å². The van der Waals surface area contributed by atoms with Crippen LogP contribution in [0.4, 0.5) is 19.4 Å². The van der Waals surface area contributed by atoms with Crippen molar-refractivity contribution in [2.75, 3.05) is 20.2 Å². The van der Waals surface area contributed by atoms with E-state index in [1.54, 1.807) is 17.8 Å². The first-order valence-corrected chi connectivity index (χ1v) is 13.3. The molecule has 37 heavy (non-hydrogen) atoms. The van der Waals surface area contributed by atoms with Crippen molar-refractivity contribution in [3.8, 4) is 0 Å². The molecule has 1 aromatic heterocycles. The minimum Gasteiger partial charge on any atom is -0.383 e. The van der Waals surface area contributed by atoms with Crippen molar-refractivity contribution in [3.63, 3.8) is 0 Å². The van der Waals surface area contributed by atoms with Gasteiger partial charge in [0.2, 0.25) is 0 Å². The predicted octanol–water partition coefficient (Wildman–Crippen LogP) is 3.95. The number of likely N-dealkylation sites (N-methyl/N-ethyl adjacent to an activating group) is 1. The average Bonchev–Trinajstić information content (AvgIpc) is 3.28. The van der Waals surface area contributed by atoms with Gasteiger partial charge in [-0.05, 0) is 43.9 Å². The van der Waals surface area contributed by atoms with Crippen molar-refractivity contribution < 1.29 is 33.8 Å². The highest BCUT2D eigenvalue weighted by atomic mass is 32.5. The highest BCUT2D eigenvalue weighted by Gasteiger charge is 2.65. The van der Waals surface area contributed by atoms with Crippen molar-refractivity contribution in [1.82, 2.24) is 20.0 Å². The smallest absolute Gasteiger partial charge is 0.311 e. The Balaban J connectivity index is 1.46. The van der Waals surface area contributed by atoms with E-state index in [1.165, 1.54) is 7.05 Å². The zero-order chi connectivity index (χ0) is 27.3. The Morgan fingerprint density at radius 1 is 1.22 bits per heavy atom. The van der Waals surface area contributed by atoms with Crippen molar-refractivity contribution in [1.29, 1.82) is 0 Å². The molecule has 2 amide bonds. The second-order valence-electron chi connectivity index (χ2n) is 9.45. The number of ether oxygens (including phenoxy) is 1. The van der Waals surface area contributed by atoms with E-state index in [9.17, 15) is 29.0 Å². The maximum absolute atomic E-state index is 12.9. The Labute approximate surface area is 209 Å². The second-order valence-corrected chi connectivity index (χ2v) is 11.9. The lowest BCUT2D eigenvalue weighted by Gasteiger charge is -2.40. The molecule has 204 valence electrons. The summed E-state index contributed by atoms with van der Waals surface area (Å²) in [5.41, 5.74) is 5.93. The summed E-state index contributed by atoms with van der Waals surface area (Å²) in [6.45, 7) is 1.97. The van der Waals surface area contributed by atoms with Crippen molar-refractivity contribution >= 4 is 27.9 Å². The topological polar surface area (TPSA) is 115 Å². The van der Waals surface area contributed by atoms with Gasteiger partial charge in [-0.3, -0.25) is 14.6 Å². The second kappa shape index (κ2) is 8.41. The number of nitrogens with two attached hydrogens (primary N) is 1. The van der Waals surface area contributed by atoms with E-state index < -0.39 is 32.5 Å². The molecule has 2 aliphatic rings. The molecule has 1 fully saturated rings. The minimum atomic E-state index is -9.80. The Morgan fingerprint density at radius 2 is 1.89 bits per heavy atom. The van der Waals surface area contributed by atoms with Gasteiger partial charge in [0.05, 0.1) is 12.1 Å². The van der Waals surface area contributed by atoms with Crippen molar-refractivity contribution in [3.05, 3.63) is 47.3 Å². The van der Waals surface area contributed by atoms with Crippen LogP contribution in [-0.4, -0.2) is 52.5 Å². The molecule has 1 saturated heterocycles. The Kier molecular flexibility index (Phi) is 6.10. The lowest BCUT2D eigenvalue weighted by molar-refractivity contribution is -0.146. The van der Waals surface area contributed by atoms with Crippen LogP contribution in [-0.2, 0) is 26.4 Å². The summed E-state index contributed by atoms with van der Waals surface area (Å²) in [4.78, 5) is 28.8. The lowest BCUT2D eigenvalue weighted by Crippen LogP contribution is -2.53. The molecule has 0 radical (unpaired) electrons. The average molecular weight is 551 g/mol. The summed E-state index contributed by atoms with van der Waals surface area (Å²) >= 11 is 0. The fraction of sp³-hybridized carbons (Fsp3) is 0.455. The molecular weight excluding hydrogens is 523 g/mol. The number of benzene rings is 1. The van der Waals surface area contributed by atoms with Gasteiger partial charge in [-0.2, -0.15) is 5.10 Å². The van der Waals surface area contributed by atoms with Gasteiger partial charge < -0.3 is 20.7 Å². The zero-order valence-corrected chi connectivity index (χ0v) is 20.9. The largest absolute Gasteiger partial charge is 0.383 e. The van der Waals surface area contributed by atoms with Crippen LogP contribution >= 0.6 is 10.2 Å². The summed E-state index contributed by atoms with van der Waals surface area (Å²) in [5, 5.41) is 7.22. The third-order valence-electron chi connectivity index (χ3n) is 6.27. The van der Waals surface area contributed by atoms with E-state index in [1.807, 2.05) is 0 Å². The van der Waals surface area contributed by atoms with Gasteiger partial charge in [0, 0.05) is 26.4 Å². The molecule has 1 aromatic carbocycles. The van der Waals surface area contributed by atoms with Gasteiger partial charge in [0.1, 0.15) is 28.2 Å². The van der Waals surface area contributed by atoms with Gasteiger partial charge in [-0.25, -0.2) is 4.68 Å². The Morgan fingerprint density at radius 3 is 2.49 bits per heavy atom. The van der Waals surface area contributed by atoms with E-state index >= 15 is 0 Å². The van der Waals surface area contributed by atoms with E-state index in [0.717, 1.165) is 36.3 Å². The maximum Gasteiger partial charge on any atom is 0.311 e. The molecule has 2 atom stereocenters. The summed E-state index contributed by atoms with van der Waals surface area (Å²) < 4.78 is 72.0. The van der Waals surface area contributed by atoms with Gasteiger partial charge in [-0.15, -0.1) is 0 Å². The fourth-order valence-electron chi connectivity index (χ4n) is 4.24. The highest BCUT2D eigenvalue weighted by Crippen LogP contribution is 3.02. The summed E-state index contributed by atoms with van der Waals surface area (Å²) in [7, 11) is -8.54. The number of halogens is 5. The first-order chi connectivity index (χ1) is 17.0. The molecule has 4 rings (SSSR count). The maximum atomic E-state index is 12.9. The van der Waals surface area contributed by atoms with Crippen LogP contribution < -0.4 is 11.1 Å². The normalized spacial score (nSPS) is 23.8. The molecule has 3 heterocycles. The number of amides is 2. The number of aliphatic imine (C=N–C) groups is 1. The zero-order valence-electron chi connectivity index (χ0n) is 20.1. The molecule has 15 heteroatoms.